The van der Waals surface area contributed by atoms with Crippen LogP contribution < -0.4 is 9.47 Å². The van der Waals surface area contributed by atoms with Crippen molar-refractivity contribution in [3.05, 3.63) is 23.8 Å². The van der Waals surface area contributed by atoms with Gasteiger partial charge in [0.15, 0.2) is 6.04 Å². The molecule has 1 aromatic carbocycles. The minimum absolute atomic E-state index is 0.478. The van der Waals surface area contributed by atoms with E-state index in [-0.39, 0.29) is 0 Å². The molecular weight excluding hydrogens is 208 g/mol. The van der Waals surface area contributed by atoms with Crippen LogP contribution in [0.4, 0.5) is 0 Å². The molecule has 0 aliphatic heterocycles. The minimum atomic E-state index is -0.928. The summed E-state index contributed by atoms with van der Waals surface area (Å²) >= 11 is 0. The molecule has 0 bridgehead atoms. The van der Waals surface area contributed by atoms with Gasteiger partial charge >= 0.3 is 0 Å². The monoisotopic (exact) mass is 218 g/mol. The van der Waals surface area contributed by atoms with E-state index in [9.17, 15) is 4.79 Å². The van der Waals surface area contributed by atoms with E-state index in [0.29, 0.717) is 17.1 Å². The van der Waals surface area contributed by atoms with Gasteiger partial charge in [-0.15, -0.1) is 0 Å². The van der Waals surface area contributed by atoms with E-state index in [1.807, 2.05) is 6.07 Å². The zero-order valence-corrected chi connectivity index (χ0v) is 8.93. The molecule has 82 valence electrons. The highest BCUT2D eigenvalue weighted by Gasteiger charge is 2.15. The lowest BCUT2D eigenvalue weighted by molar-refractivity contribution is 0.397. The molecule has 1 atom stereocenters. The normalized spacial score (nSPS) is 10.8. The maximum atomic E-state index is 10.2. The van der Waals surface area contributed by atoms with Crippen molar-refractivity contribution in [2.24, 2.45) is 4.99 Å². The zero-order valence-electron chi connectivity index (χ0n) is 8.93. The summed E-state index contributed by atoms with van der Waals surface area (Å²) in [5, 5.41) is 8.88. The van der Waals surface area contributed by atoms with Gasteiger partial charge in [-0.25, -0.2) is 4.79 Å². The van der Waals surface area contributed by atoms with Crippen LogP contribution in [-0.2, 0) is 4.79 Å². The Morgan fingerprint density at radius 1 is 1.38 bits per heavy atom. The van der Waals surface area contributed by atoms with E-state index < -0.39 is 6.04 Å². The number of hydrogen-bond acceptors (Lipinski definition) is 5. The first kappa shape index (κ1) is 11.8. The second kappa shape index (κ2) is 5.54. The maximum Gasteiger partial charge on any atom is 0.236 e. The molecule has 1 aromatic rings. The second-order valence-corrected chi connectivity index (χ2v) is 2.86. The van der Waals surface area contributed by atoms with Gasteiger partial charge in [-0.2, -0.15) is 10.3 Å². The third-order valence-electron chi connectivity index (χ3n) is 2.04. The first-order valence-corrected chi connectivity index (χ1v) is 4.45. The van der Waals surface area contributed by atoms with E-state index in [1.54, 1.807) is 18.2 Å². The van der Waals surface area contributed by atoms with Gasteiger partial charge in [0, 0.05) is 5.56 Å². The Balaban J connectivity index is 3.27. The molecular formula is C11H10N2O3. The van der Waals surface area contributed by atoms with Gasteiger partial charge in [0.1, 0.15) is 11.5 Å². The van der Waals surface area contributed by atoms with E-state index in [4.69, 9.17) is 14.7 Å². The van der Waals surface area contributed by atoms with Gasteiger partial charge in [0.25, 0.3) is 0 Å². The minimum Gasteiger partial charge on any atom is -0.497 e. The van der Waals surface area contributed by atoms with Crippen molar-refractivity contribution < 1.29 is 14.3 Å². The van der Waals surface area contributed by atoms with Crippen LogP contribution in [0.1, 0.15) is 11.6 Å². The lowest BCUT2D eigenvalue weighted by atomic mass is 10.1. The Morgan fingerprint density at radius 3 is 2.62 bits per heavy atom. The van der Waals surface area contributed by atoms with Crippen LogP contribution in [0.25, 0.3) is 0 Å². The molecule has 5 heteroatoms. The lowest BCUT2D eigenvalue weighted by Crippen LogP contribution is -1.97. The summed E-state index contributed by atoms with van der Waals surface area (Å²) < 4.78 is 10.1. The molecule has 0 aliphatic rings. The number of benzene rings is 1. The molecule has 0 saturated heterocycles. The van der Waals surface area contributed by atoms with Gasteiger partial charge in [-0.05, 0) is 18.2 Å². The van der Waals surface area contributed by atoms with E-state index in [0.717, 1.165) is 0 Å². The molecule has 0 aromatic heterocycles. The predicted octanol–water partition coefficient (Wildman–Crippen LogP) is 1.60. The highest BCUT2D eigenvalue weighted by Crippen LogP contribution is 2.30. The lowest BCUT2D eigenvalue weighted by Gasteiger charge is -2.10. The molecule has 0 spiro atoms. The fraction of sp³-hybridized carbons (Fsp3) is 0.273. The first-order chi connectivity index (χ1) is 7.76. The van der Waals surface area contributed by atoms with Crippen LogP contribution in [0, 0.1) is 11.3 Å². The summed E-state index contributed by atoms with van der Waals surface area (Å²) in [5.41, 5.74) is 0.479. The smallest absolute Gasteiger partial charge is 0.236 e. The number of methoxy groups -OCH3 is 2. The number of ether oxygens (including phenoxy) is 2. The molecule has 5 nitrogen and oxygen atoms in total. The summed E-state index contributed by atoms with van der Waals surface area (Å²) in [5.74, 6) is 1.04. The largest absolute Gasteiger partial charge is 0.497 e. The van der Waals surface area contributed by atoms with Crippen molar-refractivity contribution in [1.29, 1.82) is 5.26 Å². The number of isocyanates is 1. The summed E-state index contributed by atoms with van der Waals surface area (Å²) in [4.78, 5) is 13.6. The summed E-state index contributed by atoms with van der Waals surface area (Å²) in [6.45, 7) is 0. The third kappa shape index (κ3) is 2.38. The third-order valence-corrected chi connectivity index (χ3v) is 2.04. The van der Waals surface area contributed by atoms with Crippen molar-refractivity contribution in [3.8, 4) is 17.6 Å². The van der Waals surface area contributed by atoms with Gasteiger partial charge in [-0.1, -0.05) is 0 Å². The Labute approximate surface area is 92.9 Å². The molecule has 0 saturated carbocycles. The SMILES string of the molecule is COc1ccc(OC)c(C(C#N)N=C=O)c1. The number of hydrogen-bond donors (Lipinski definition) is 0. The van der Waals surface area contributed by atoms with Crippen LogP contribution in [-0.4, -0.2) is 20.3 Å². The zero-order chi connectivity index (χ0) is 12.0. The standard InChI is InChI=1S/C11H10N2O3/c1-15-8-3-4-11(16-2)9(5-8)10(6-12)13-7-14/h3-5,10H,1-2H3. The Bertz CT molecular complexity index is 459. The van der Waals surface area contributed by atoms with Crippen LogP contribution in [0.15, 0.2) is 23.2 Å². The van der Waals surface area contributed by atoms with E-state index in [1.165, 1.54) is 20.3 Å². The molecule has 0 fully saturated rings. The Morgan fingerprint density at radius 2 is 2.12 bits per heavy atom. The van der Waals surface area contributed by atoms with Gasteiger partial charge in [0.2, 0.25) is 6.08 Å². The average Bonchev–Trinajstić information content (AvgIpc) is 2.35. The Hall–Kier alpha value is -2.31. The van der Waals surface area contributed by atoms with Crippen molar-refractivity contribution in [2.75, 3.05) is 14.2 Å². The van der Waals surface area contributed by atoms with Crippen molar-refractivity contribution in [3.63, 3.8) is 0 Å². The molecule has 0 radical (unpaired) electrons. The van der Waals surface area contributed by atoms with E-state index in [2.05, 4.69) is 4.99 Å². The topological polar surface area (TPSA) is 71.7 Å². The number of aliphatic imine (C=N–C) groups is 1. The van der Waals surface area contributed by atoms with Gasteiger partial charge in [0.05, 0.1) is 20.3 Å². The number of nitriles is 1. The molecule has 1 unspecified atom stereocenters. The average molecular weight is 218 g/mol. The number of rotatable bonds is 4. The second-order valence-electron chi connectivity index (χ2n) is 2.86. The fourth-order valence-electron chi connectivity index (χ4n) is 1.27. The fourth-order valence-corrected chi connectivity index (χ4v) is 1.27. The summed E-state index contributed by atoms with van der Waals surface area (Å²) in [7, 11) is 2.99. The molecule has 1 rings (SSSR count). The van der Waals surface area contributed by atoms with Crippen LogP contribution in [0.5, 0.6) is 11.5 Å². The van der Waals surface area contributed by atoms with Gasteiger partial charge < -0.3 is 9.47 Å². The highest BCUT2D eigenvalue weighted by molar-refractivity contribution is 5.46. The molecule has 0 amide bonds. The maximum absolute atomic E-state index is 10.2. The predicted molar refractivity (Wildman–Crippen MR) is 56.0 cm³/mol. The molecule has 0 aliphatic carbocycles. The molecule has 0 heterocycles. The quantitative estimate of drug-likeness (QED) is 0.568. The first-order valence-electron chi connectivity index (χ1n) is 4.45. The number of carbonyl (C=O) groups excluding carboxylic acids is 1. The summed E-state index contributed by atoms with van der Waals surface area (Å²) in [6, 6.07) is 5.90. The molecule has 16 heavy (non-hydrogen) atoms. The van der Waals surface area contributed by atoms with Crippen molar-refractivity contribution in [1.82, 2.24) is 0 Å². The Kier molecular flexibility index (Phi) is 4.07. The molecule has 0 N–H and O–H groups in total. The summed E-state index contributed by atoms with van der Waals surface area (Å²) in [6.07, 6.45) is 1.36. The van der Waals surface area contributed by atoms with Gasteiger partial charge in [-0.3, -0.25) is 0 Å². The van der Waals surface area contributed by atoms with E-state index >= 15 is 0 Å². The van der Waals surface area contributed by atoms with Crippen LogP contribution >= 0.6 is 0 Å². The van der Waals surface area contributed by atoms with Crippen LogP contribution in [0.2, 0.25) is 0 Å². The van der Waals surface area contributed by atoms with Crippen molar-refractivity contribution in [2.45, 2.75) is 6.04 Å². The highest BCUT2D eigenvalue weighted by atomic mass is 16.5. The number of nitrogens with zero attached hydrogens (tertiary/aromatic N) is 2. The van der Waals surface area contributed by atoms with Crippen LogP contribution in [0.3, 0.4) is 0 Å². The van der Waals surface area contributed by atoms with Crippen molar-refractivity contribution >= 4 is 6.08 Å².